The average molecular weight is 431 g/mol. The molecule has 0 saturated heterocycles. The molecule has 0 amide bonds. The summed E-state index contributed by atoms with van der Waals surface area (Å²) in [5.41, 5.74) is 6.27. The molecular weight excluding hydrogens is 400 g/mol. The molecule has 3 aromatic rings. The van der Waals surface area contributed by atoms with E-state index in [0.29, 0.717) is 12.5 Å². The fourth-order valence-corrected chi connectivity index (χ4v) is 5.10. The smallest absolute Gasteiger partial charge is 0.123 e. The summed E-state index contributed by atoms with van der Waals surface area (Å²) < 4.78 is 6.68. The molecule has 0 unspecified atom stereocenters. The average Bonchev–Trinajstić information content (AvgIpc) is 3.61. The Bertz CT molecular complexity index is 1140. The molecule has 0 spiro atoms. The summed E-state index contributed by atoms with van der Waals surface area (Å²) in [6.45, 7) is 2.96. The second kappa shape index (κ2) is 9.50. The van der Waals surface area contributed by atoms with E-state index in [-0.39, 0.29) is 5.41 Å². The molecule has 1 nitrogen and oxygen atoms in total. The van der Waals surface area contributed by atoms with Crippen molar-refractivity contribution in [2.75, 3.05) is 6.61 Å². The van der Waals surface area contributed by atoms with Gasteiger partial charge >= 0.3 is 0 Å². The van der Waals surface area contributed by atoms with Crippen molar-refractivity contribution in [3.05, 3.63) is 149 Å². The quantitative estimate of drug-likeness (QED) is 0.331. The molecule has 0 aromatic heterocycles. The summed E-state index contributed by atoms with van der Waals surface area (Å²) in [5, 5.41) is 0. The van der Waals surface area contributed by atoms with Gasteiger partial charge in [0.2, 0.25) is 0 Å². The predicted molar refractivity (Wildman–Crippen MR) is 138 cm³/mol. The molecule has 0 atom stereocenters. The molecule has 0 saturated carbocycles. The van der Waals surface area contributed by atoms with Crippen LogP contribution in [0.5, 0.6) is 5.75 Å². The Kier molecular flexibility index (Phi) is 6.13. The van der Waals surface area contributed by atoms with Crippen molar-refractivity contribution >= 4 is 0 Å². The van der Waals surface area contributed by atoms with Crippen LogP contribution in [0, 0.1) is 5.92 Å². The van der Waals surface area contributed by atoms with Gasteiger partial charge in [-0.05, 0) is 37.0 Å². The van der Waals surface area contributed by atoms with Crippen molar-refractivity contribution in [2.45, 2.75) is 25.2 Å². The molecule has 164 valence electrons. The molecule has 0 radical (unpaired) electrons. The van der Waals surface area contributed by atoms with Gasteiger partial charge in [-0.25, -0.2) is 0 Å². The third kappa shape index (κ3) is 4.24. The van der Waals surface area contributed by atoms with Crippen LogP contribution in [-0.4, -0.2) is 6.61 Å². The van der Waals surface area contributed by atoms with E-state index in [1.165, 1.54) is 27.8 Å². The Hall–Kier alpha value is -3.58. The van der Waals surface area contributed by atoms with Gasteiger partial charge in [-0.15, -0.1) is 0 Å². The van der Waals surface area contributed by atoms with E-state index >= 15 is 0 Å². The number of rotatable bonds is 8. The SMILES string of the molecule is CC(c1ccccc1)(c1ccccc1)c1ccccc1OCC(C1=CC=CC1)C1=CC=CC1. The number of allylic oxidation sites excluding steroid dienone is 6. The van der Waals surface area contributed by atoms with E-state index in [9.17, 15) is 0 Å². The van der Waals surface area contributed by atoms with Gasteiger partial charge in [-0.1, -0.05) is 126 Å². The van der Waals surface area contributed by atoms with E-state index < -0.39 is 0 Å². The van der Waals surface area contributed by atoms with Crippen molar-refractivity contribution in [3.63, 3.8) is 0 Å². The lowest BCUT2D eigenvalue weighted by Crippen LogP contribution is -2.27. The molecule has 33 heavy (non-hydrogen) atoms. The molecule has 2 aliphatic rings. The van der Waals surface area contributed by atoms with Crippen molar-refractivity contribution in [1.29, 1.82) is 0 Å². The molecule has 0 fully saturated rings. The van der Waals surface area contributed by atoms with E-state index in [2.05, 4.69) is 128 Å². The fraction of sp³-hybridized carbons (Fsp3) is 0.188. The third-order valence-electron chi connectivity index (χ3n) is 7.03. The fourth-order valence-electron chi connectivity index (χ4n) is 5.10. The highest BCUT2D eigenvalue weighted by Gasteiger charge is 2.34. The Morgan fingerprint density at radius 2 is 1.21 bits per heavy atom. The minimum Gasteiger partial charge on any atom is -0.492 e. The number of ether oxygens (including phenoxy) is 1. The first-order valence-corrected chi connectivity index (χ1v) is 11.8. The lowest BCUT2D eigenvalue weighted by atomic mass is 9.71. The van der Waals surface area contributed by atoms with E-state index in [1.807, 2.05) is 0 Å². The first-order chi connectivity index (χ1) is 16.3. The van der Waals surface area contributed by atoms with Crippen molar-refractivity contribution in [2.24, 2.45) is 5.92 Å². The Labute approximate surface area is 197 Å². The summed E-state index contributed by atoms with van der Waals surface area (Å²) in [5.74, 6) is 1.26. The summed E-state index contributed by atoms with van der Waals surface area (Å²) in [6, 6.07) is 30.1. The number of hydrogen-bond donors (Lipinski definition) is 0. The maximum absolute atomic E-state index is 6.68. The molecule has 3 aromatic carbocycles. The maximum Gasteiger partial charge on any atom is 0.123 e. The van der Waals surface area contributed by atoms with Crippen LogP contribution >= 0.6 is 0 Å². The third-order valence-corrected chi connectivity index (χ3v) is 7.03. The van der Waals surface area contributed by atoms with Gasteiger partial charge in [0.25, 0.3) is 0 Å². The first kappa shape index (κ1) is 21.3. The zero-order valence-corrected chi connectivity index (χ0v) is 19.2. The number of benzene rings is 3. The lowest BCUT2D eigenvalue weighted by Gasteiger charge is -2.33. The predicted octanol–water partition coefficient (Wildman–Crippen LogP) is 7.81. The maximum atomic E-state index is 6.68. The monoisotopic (exact) mass is 430 g/mol. The van der Waals surface area contributed by atoms with E-state index in [4.69, 9.17) is 4.74 Å². The van der Waals surface area contributed by atoms with Crippen LogP contribution in [0.15, 0.2) is 133 Å². The van der Waals surface area contributed by atoms with Crippen molar-refractivity contribution in [1.82, 2.24) is 0 Å². The van der Waals surface area contributed by atoms with Gasteiger partial charge in [0, 0.05) is 16.9 Å². The van der Waals surface area contributed by atoms with Gasteiger partial charge in [0.15, 0.2) is 0 Å². The van der Waals surface area contributed by atoms with Crippen LogP contribution in [0.3, 0.4) is 0 Å². The zero-order valence-electron chi connectivity index (χ0n) is 19.2. The molecule has 0 N–H and O–H groups in total. The second-order valence-electron chi connectivity index (χ2n) is 8.96. The Morgan fingerprint density at radius 1 is 0.697 bits per heavy atom. The molecule has 5 rings (SSSR count). The van der Waals surface area contributed by atoms with Gasteiger partial charge in [0.05, 0.1) is 6.61 Å². The second-order valence-corrected chi connectivity index (χ2v) is 8.96. The summed E-state index contributed by atoms with van der Waals surface area (Å²) in [6.07, 6.45) is 15.4. The van der Waals surface area contributed by atoms with Crippen molar-refractivity contribution in [3.8, 4) is 5.75 Å². The molecule has 1 heteroatoms. The van der Waals surface area contributed by atoms with Gasteiger partial charge in [-0.2, -0.15) is 0 Å². The Balaban J connectivity index is 1.52. The Morgan fingerprint density at radius 3 is 1.73 bits per heavy atom. The standard InChI is InChI=1S/C32H30O/c1-32(27-18-4-2-5-19-27,28-20-6-3-7-21-28)30-22-12-13-23-31(30)33-24-29(25-14-8-9-15-25)26-16-10-11-17-26/h2-14,16,18-23,29H,15,17,24H2,1H3. The number of para-hydroxylation sites is 1. The molecule has 0 heterocycles. The van der Waals surface area contributed by atoms with Gasteiger partial charge < -0.3 is 4.74 Å². The molecule has 0 aliphatic heterocycles. The van der Waals surface area contributed by atoms with E-state index in [0.717, 1.165) is 18.6 Å². The topological polar surface area (TPSA) is 9.23 Å². The summed E-state index contributed by atoms with van der Waals surface area (Å²) in [4.78, 5) is 0. The highest BCUT2D eigenvalue weighted by atomic mass is 16.5. The highest BCUT2D eigenvalue weighted by Crippen LogP contribution is 2.43. The summed E-state index contributed by atoms with van der Waals surface area (Å²) >= 11 is 0. The molecular formula is C32H30O. The highest BCUT2D eigenvalue weighted by molar-refractivity contribution is 5.54. The van der Waals surface area contributed by atoms with E-state index in [1.54, 1.807) is 0 Å². The van der Waals surface area contributed by atoms with Crippen molar-refractivity contribution < 1.29 is 4.74 Å². The van der Waals surface area contributed by atoms with Crippen LogP contribution in [0.25, 0.3) is 0 Å². The molecule has 2 aliphatic carbocycles. The largest absolute Gasteiger partial charge is 0.492 e. The van der Waals surface area contributed by atoms with Crippen LogP contribution in [0.1, 0.15) is 36.5 Å². The van der Waals surface area contributed by atoms with Crippen LogP contribution < -0.4 is 4.74 Å². The van der Waals surface area contributed by atoms with Gasteiger partial charge in [-0.3, -0.25) is 0 Å². The minimum atomic E-state index is -0.322. The minimum absolute atomic E-state index is 0.308. The normalized spacial score (nSPS) is 15.1. The van der Waals surface area contributed by atoms with Crippen LogP contribution in [0.2, 0.25) is 0 Å². The molecule has 0 bridgehead atoms. The first-order valence-electron chi connectivity index (χ1n) is 11.8. The van der Waals surface area contributed by atoms with Crippen LogP contribution in [0.4, 0.5) is 0 Å². The zero-order chi connectivity index (χ0) is 22.5. The number of hydrogen-bond acceptors (Lipinski definition) is 1. The van der Waals surface area contributed by atoms with Crippen LogP contribution in [-0.2, 0) is 5.41 Å². The lowest BCUT2D eigenvalue weighted by molar-refractivity contribution is 0.279. The van der Waals surface area contributed by atoms with Gasteiger partial charge in [0.1, 0.15) is 5.75 Å². The summed E-state index contributed by atoms with van der Waals surface area (Å²) in [7, 11) is 0.